The standard InChI is InChI=1S/C15H21N5O/c1-9-13(10(2)20(3)19-9)16-15(21)14-11-7-5-4-6-8-12(11)17-18-14/h4-8H2,1-3H3,(H,16,21)(H,17,18). The Morgan fingerprint density at radius 1 is 1.24 bits per heavy atom. The number of fused-ring (bicyclic) bond motifs is 1. The highest BCUT2D eigenvalue weighted by Gasteiger charge is 2.22. The van der Waals surface area contributed by atoms with Crippen molar-refractivity contribution >= 4 is 11.6 Å². The molecule has 0 saturated heterocycles. The van der Waals surface area contributed by atoms with E-state index in [1.165, 1.54) is 6.42 Å². The van der Waals surface area contributed by atoms with Crippen molar-refractivity contribution in [2.45, 2.75) is 46.0 Å². The van der Waals surface area contributed by atoms with Crippen molar-refractivity contribution in [3.63, 3.8) is 0 Å². The van der Waals surface area contributed by atoms with E-state index in [-0.39, 0.29) is 5.91 Å². The molecule has 112 valence electrons. The first kappa shape index (κ1) is 13.9. The lowest BCUT2D eigenvalue weighted by atomic mass is 10.1. The van der Waals surface area contributed by atoms with Crippen molar-refractivity contribution < 1.29 is 4.79 Å². The molecule has 0 unspecified atom stereocenters. The summed E-state index contributed by atoms with van der Waals surface area (Å²) >= 11 is 0. The summed E-state index contributed by atoms with van der Waals surface area (Å²) in [6.45, 7) is 3.84. The van der Waals surface area contributed by atoms with Crippen LogP contribution in [0.2, 0.25) is 0 Å². The average molecular weight is 287 g/mol. The molecule has 1 amide bonds. The van der Waals surface area contributed by atoms with Gasteiger partial charge in [-0.1, -0.05) is 6.42 Å². The molecule has 2 aromatic heterocycles. The second kappa shape index (κ2) is 5.35. The second-order valence-electron chi connectivity index (χ2n) is 5.71. The van der Waals surface area contributed by atoms with Crippen LogP contribution in [0.1, 0.15) is 52.4 Å². The lowest BCUT2D eigenvalue weighted by molar-refractivity contribution is 0.102. The summed E-state index contributed by atoms with van der Waals surface area (Å²) in [5, 5.41) is 14.6. The van der Waals surface area contributed by atoms with Gasteiger partial charge >= 0.3 is 0 Å². The lowest BCUT2D eigenvalue weighted by Crippen LogP contribution is -2.15. The van der Waals surface area contributed by atoms with Gasteiger partial charge in [0.05, 0.1) is 17.1 Å². The number of amides is 1. The molecule has 21 heavy (non-hydrogen) atoms. The van der Waals surface area contributed by atoms with Crippen molar-refractivity contribution in [2.75, 3.05) is 5.32 Å². The number of aromatic nitrogens is 4. The van der Waals surface area contributed by atoms with E-state index in [1.54, 1.807) is 4.68 Å². The van der Waals surface area contributed by atoms with Crippen molar-refractivity contribution in [3.8, 4) is 0 Å². The van der Waals surface area contributed by atoms with Gasteiger partial charge in [-0.05, 0) is 39.5 Å². The van der Waals surface area contributed by atoms with E-state index in [1.807, 2.05) is 20.9 Å². The van der Waals surface area contributed by atoms with E-state index in [0.717, 1.165) is 54.0 Å². The van der Waals surface area contributed by atoms with Crippen molar-refractivity contribution in [1.29, 1.82) is 0 Å². The molecular weight excluding hydrogens is 266 g/mol. The number of hydrogen-bond acceptors (Lipinski definition) is 3. The van der Waals surface area contributed by atoms with Crippen LogP contribution in [0.5, 0.6) is 0 Å². The Morgan fingerprint density at radius 3 is 2.71 bits per heavy atom. The normalized spacial score (nSPS) is 14.6. The summed E-state index contributed by atoms with van der Waals surface area (Å²) in [6, 6.07) is 0. The monoisotopic (exact) mass is 287 g/mol. The van der Waals surface area contributed by atoms with Crippen LogP contribution in [-0.4, -0.2) is 25.9 Å². The van der Waals surface area contributed by atoms with E-state index in [0.29, 0.717) is 5.69 Å². The van der Waals surface area contributed by atoms with Gasteiger partial charge in [-0.15, -0.1) is 0 Å². The number of aryl methyl sites for hydroxylation is 3. The van der Waals surface area contributed by atoms with Crippen LogP contribution in [0.3, 0.4) is 0 Å². The highest BCUT2D eigenvalue weighted by molar-refractivity contribution is 6.04. The number of hydrogen-bond donors (Lipinski definition) is 2. The number of nitrogens with one attached hydrogen (secondary N) is 2. The fraction of sp³-hybridized carbons (Fsp3) is 0.533. The van der Waals surface area contributed by atoms with Gasteiger partial charge in [0.1, 0.15) is 0 Å². The van der Waals surface area contributed by atoms with Crippen molar-refractivity contribution in [3.05, 3.63) is 28.3 Å². The molecule has 0 atom stereocenters. The molecule has 2 N–H and O–H groups in total. The van der Waals surface area contributed by atoms with E-state index < -0.39 is 0 Å². The zero-order chi connectivity index (χ0) is 15.0. The maximum atomic E-state index is 12.5. The third kappa shape index (κ3) is 2.46. The Bertz CT molecular complexity index is 683. The van der Waals surface area contributed by atoms with E-state index in [9.17, 15) is 4.79 Å². The molecule has 3 rings (SSSR count). The Kier molecular flexibility index (Phi) is 3.53. The molecule has 2 heterocycles. The van der Waals surface area contributed by atoms with Crippen LogP contribution in [0, 0.1) is 13.8 Å². The van der Waals surface area contributed by atoms with E-state index in [2.05, 4.69) is 20.6 Å². The zero-order valence-corrected chi connectivity index (χ0v) is 12.8. The molecular formula is C15H21N5O. The van der Waals surface area contributed by atoms with Gasteiger partial charge in [0.15, 0.2) is 5.69 Å². The summed E-state index contributed by atoms with van der Waals surface area (Å²) in [4.78, 5) is 12.5. The SMILES string of the molecule is Cc1nn(C)c(C)c1NC(=O)c1n[nH]c2c1CCCCC2. The number of aromatic amines is 1. The van der Waals surface area contributed by atoms with Crippen molar-refractivity contribution in [1.82, 2.24) is 20.0 Å². The first-order valence-corrected chi connectivity index (χ1v) is 7.45. The molecule has 1 aliphatic carbocycles. The molecule has 6 nitrogen and oxygen atoms in total. The predicted molar refractivity (Wildman–Crippen MR) is 80.5 cm³/mol. The number of carbonyl (C=O) groups excluding carboxylic acids is 1. The average Bonchev–Trinajstić information content (AvgIpc) is 2.85. The third-order valence-corrected chi connectivity index (χ3v) is 4.27. The topological polar surface area (TPSA) is 75.6 Å². The van der Waals surface area contributed by atoms with Gasteiger partial charge in [-0.25, -0.2) is 0 Å². The van der Waals surface area contributed by atoms with Gasteiger partial charge in [0, 0.05) is 18.3 Å². The highest BCUT2D eigenvalue weighted by atomic mass is 16.2. The third-order valence-electron chi connectivity index (χ3n) is 4.27. The zero-order valence-electron chi connectivity index (χ0n) is 12.8. The smallest absolute Gasteiger partial charge is 0.276 e. The molecule has 2 aromatic rings. The molecule has 0 bridgehead atoms. The summed E-state index contributed by atoms with van der Waals surface area (Å²) in [7, 11) is 1.87. The summed E-state index contributed by atoms with van der Waals surface area (Å²) in [6.07, 6.45) is 5.42. The number of anilines is 1. The minimum absolute atomic E-state index is 0.145. The van der Waals surface area contributed by atoms with Crippen LogP contribution in [0.4, 0.5) is 5.69 Å². The van der Waals surface area contributed by atoms with E-state index >= 15 is 0 Å². The van der Waals surface area contributed by atoms with Gasteiger partial charge in [0.2, 0.25) is 0 Å². The van der Waals surface area contributed by atoms with Crippen LogP contribution in [0.15, 0.2) is 0 Å². The Hall–Kier alpha value is -2.11. The number of carbonyl (C=O) groups is 1. The molecule has 0 saturated carbocycles. The fourth-order valence-electron chi connectivity index (χ4n) is 2.97. The largest absolute Gasteiger partial charge is 0.317 e. The number of H-pyrrole nitrogens is 1. The minimum atomic E-state index is -0.145. The minimum Gasteiger partial charge on any atom is -0.317 e. The Balaban J connectivity index is 1.88. The van der Waals surface area contributed by atoms with Crippen LogP contribution >= 0.6 is 0 Å². The molecule has 6 heteroatoms. The summed E-state index contributed by atoms with van der Waals surface area (Å²) < 4.78 is 1.77. The molecule has 1 aliphatic rings. The maximum Gasteiger partial charge on any atom is 0.276 e. The molecule has 0 aromatic carbocycles. The molecule has 0 fully saturated rings. The van der Waals surface area contributed by atoms with E-state index in [4.69, 9.17) is 0 Å². The molecule has 0 radical (unpaired) electrons. The van der Waals surface area contributed by atoms with Crippen molar-refractivity contribution in [2.24, 2.45) is 7.05 Å². The number of nitrogens with zero attached hydrogens (tertiary/aromatic N) is 3. The van der Waals surface area contributed by atoms with Gasteiger partial charge < -0.3 is 5.32 Å². The second-order valence-corrected chi connectivity index (χ2v) is 5.71. The van der Waals surface area contributed by atoms with Crippen LogP contribution in [-0.2, 0) is 19.9 Å². The Morgan fingerprint density at radius 2 is 2.00 bits per heavy atom. The van der Waals surface area contributed by atoms with Crippen LogP contribution in [0.25, 0.3) is 0 Å². The van der Waals surface area contributed by atoms with Crippen LogP contribution < -0.4 is 5.32 Å². The summed E-state index contributed by atoms with van der Waals surface area (Å²) in [5.74, 6) is -0.145. The quantitative estimate of drug-likeness (QED) is 0.832. The molecule has 0 aliphatic heterocycles. The Labute approximate surface area is 123 Å². The van der Waals surface area contributed by atoms with Gasteiger partial charge in [0.25, 0.3) is 5.91 Å². The first-order valence-electron chi connectivity index (χ1n) is 7.45. The lowest BCUT2D eigenvalue weighted by Gasteiger charge is -2.05. The highest BCUT2D eigenvalue weighted by Crippen LogP contribution is 2.24. The number of rotatable bonds is 2. The van der Waals surface area contributed by atoms with Gasteiger partial charge in [-0.3, -0.25) is 14.6 Å². The first-order chi connectivity index (χ1) is 10.1. The molecule has 0 spiro atoms. The van der Waals surface area contributed by atoms with Gasteiger partial charge in [-0.2, -0.15) is 10.2 Å². The predicted octanol–water partition coefficient (Wildman–Crippen LogP) is 2.28. The fourth-order valence-corrected chi connectivity index (χ4v) is 2.97. The maximum absolute atomic E-state index is 12.5. The summed E-state index contributed by atoms with van der Waals surface area (Å²) in [5.41, 5.74) is 5.30.